The lowest BCUT2D eigenvalue weighted by Gasteiger charge is -2.07. The molecule has 0 nitrogen and oxygen atoms in total. The number of unbranched alkanes of at least 4 members (excludes halogenated alkanes) is 1. The van der Waals surface area contributed by atoms with E-state index in [1.54, 1.807) is 0 Å². The Labute approximate surface area is 131 Å². The molecule has 2 rings (SSSR count). The summed E-state index contributed by atoms with van der Waals surface area (Å²) in [6.07, 6.45) is 10.0. The highest BCUT2D eigenvalue weighted by Crippen LogP contribution is 2.22. The van der Waals surface area contributed by atoms with Gasteiger partial charge in [0.05, 0.1) is 0 Å². The summed E-state index contributed by atoms with van der Waals surface area (Å²) in [4.78, 5) is 2.76. The summed E-state index contributed by atoms with van der Waals surface area (Å²) in [7, 11) is 0. The van der Waals surface area contributed by atoms with Crippen LogP contribution in [0.15, 0.2) is 58.3 Å². The van der Waals surface area contributed by atoms with Gasteiger partial charge in [0.25, 0.3) is 0 Å². The lowest BCUT2D eigenvalue weighted by molar-refractivity contribution is 0.876. The molecule has 1 radical (unpaired) electrons. The topological polar surface area (TPSA) is 0 Å². The second kappa shape index (κ2) is 8.43. The maximum atomic E-state index is 2.40. The van der Waals surface area contributed by atoms with E-state index in [0.29, 0.717) is 0 Å². The zero-order chi connectivity index (χ0) is 14.2. The van der Waals surface area contributed by atoms with E-state index in [2.05, 4.69) is 67.5 Å². The highest BCUT2D eigenvalue weighted by molar-refractivity contribution is 7.98. The Morgan fingerprint density at radius 1 is 0.950 bits per heavy atom. The van der Waals surface area contributed by atoms with Crippen molar-refractivity contribution < 1.29 is 0 Å². The van der Waals surface area contributed by atoms with Crippen molar-refractivity contribution in [2.45, 2.75) is 29.1 Å². The molecular formula is C18H21S2. The second-order valence-electron chi connectivity index (χ2n) is 4.69. The molecule has 0 amide bonds. The molecule has 0 aliphatic heterocycles. The minimum Gasteiger partial charge on any atom is -0.130 e. The van der Waals surface area contributed by atoms with Gasteiger partial charge in [-0.1, -0.05) is 30.3 Å². The molecule has 2 aromatic rings. The van der Waals surface area contributed by atoms with Gasteiger partial charge in [-0.3, -0.25) is 0 Å². The van der Waals surface area contributed by atoms with E-state index in [1.807, 2.05) is 23.5 Å². The number of hydrogen-bond acceptors (Lipinski definition) is 2. The Balaban J connectivity index is 1.81. The quantitative estimate of drug-likeness (QED) is 0.488. The molecule has 2 aromatic carbocycles. The monoisotopic (exact) mass is 301 g/mol. The minimum atomic E-state index is 1.07. The van der Waals surface area contributed by atoms with Crippen molar-refractivity contribution in [3.63, 3.8) is 0 Å². The van der Waals surface area contributed by atoms with Gasteiger partial charge in [0.2, 0.25) is 0 Å². The van der Waals surface area contributed by atoms with E-state index < -0.39 is 0 Å². The molecule has 105 valence electrons. The minimum absolute atomic E-state index is 1.07. The van der Waals surface area contributed by atoms with Crippen LogP contribution in [0, 0.1) is 6.42 Å². The average Bonchev–Trinajstić information content (AvgIpc) is 2.52. The molecule has 0 saturated carbocycles. The van der Waals surface area contributed by atoms with Gasteiger partial charge in [-0.2, -0.15) is 0 Å². The zero-order valence-corrected chi connectivity index (χ0v) is 13.8. The molecule has 0 unspecified atom stereocenters. The van der Waals surface area contributed by atoms with Crippen LogP contribution in [-0.4, -0.2) is 12.5 Å². The summed E-state index contributed by atoms with van der Waals surface area (Å²) in [5, 5.41) is 0. The molecule has 0 aliphatic carbocycles. The molecule has 0 heterocycles. The van der Waals surface area contributed by atoms with Crippen molar-refractivity contribution in [2.75, 3.05) is 12.5 Å². The molecule has 0 fully saturated rings. The summed E-state index contributed by atoms with van der Waals surface area (Å²) < 4.78 is 0. The van der Waals surface area contributed by atoms with Crippen molar-refractivity contribution >= 4 is 23.5 Å². The van der Waals surface area contributed by atoms with Gasteiger partial charge in [0, 0.05) is 9.79 Å². The van der Waals surface area contributed by atoms with Crippen LogP contribution in [-0.2, 0) is 12.8 Å². The third-order valence-electron chi connectivity index (χ3n) is 3.32. The summed E-state index contributed by atoms with van der Waals surface area (Å²) in [6.45, 7) is 0. The predicted molar refractivity (Wildman–Crippen MR) is 92.8 cm³/mol. The fourth-order valence-electron chi connectivity index (χ4n) is 2.24. The van der Waals surface area contributed by atoms with Crippen molar-refractivity contribution in [2.24, 2.45) is 0 Å². The summed E-state index contributed by atoms with van der Waals surface area (Å²) in [5.41, 5.74) is 2.88. The summed E-state index contributed by atoms with van der Waals surface area (Å²) in [6, 6.07) is 17.5. The van der Waals surface area contributed by atoms with Gasteiger partial charge in [-0.05, 0) is 67.5 Å². The van der Waals surface area contributed by atoms with E-state index in [-0.39, 0.29) is 0 Å². The van der Waals surface area contributed by atoms with E-state index in [4.69, 9.17) is 0 Å². The molecule has 2 heteroatoms. The van der Waals surface area contributed by atoms with Gasteiger partial charge in [-0.15, -0.1) is 23.5 Å². The van der Waals surface area contributed by atoms with Gasteiger partial charge in [-0.25, -0.2) is 0 Å². The van der Waals surface area contributed by atoms with Gasteiger partial charge in [0.1, 0.15) is 0 Å². The normalized spacial score (nSPS) is 10.7. The predicted octanol–water partition coefficient (Wildman–Crippen LogP) is 5.51. The lowest BCUT2D eigenvalue weighted by Crippen LogP contribution is -1.92. The Morgan fingerprint density at radius 2 is 1.80 bits per heavy atom. The molecular weight excluding hydrogens is 280 g/mol. The number of benzene rings is 2. The second-order valence-corrected chi connectivity index (χ2v) is 6.42. The molecule has 0 N–H and O–H groups in total. The van der Waals surface area contributed by atoms with E-state index in [0.717, 1.165) is 19.3 Å². The van der Waals surface area contributed by atoms with Crippen LogP contribution in [0.3, 0.4) is 0 Å². The first-order chi connectivity index (χ1) is 9.83. The Kier molecular flexibility index (Phi) is 6.55. The molecule has 0 saturated heterocycles. The van der Waals surface area contributed by atoms with Crippen molar-refractivity contribution in [3.8, 4) is 0 Å². The SMILES string of the molecule is CSc1cccc(C[CH]CCc2ccccc2SC)c1. The maximum Gasteiger partial charge on any atom is 0.0101 e. The lowest BCUT2D eigenvalue weighted by atomic mass is 10.0. The van der Waals surface area contributed by atoms with Crippen molar-refractivity contribution in [1.82, 2.24) is 0 Å². The Morgan fingerprint density at radius 3 is 2.60 bits per heavy atom. The highest BCUT2D eigenvalue weighted by Gasteiger charge is 2.01. The van der Waals surface area contributed by atoms with Crippen LogP contribution in [0.2, 0.25) is 0 Å². The number of thioether (sulfide) groups is 2. The van der Waals surface area contributed by atoms with Crippen molar-refractivity contribution in [3.05, 3.63) is 66.1 Å². The Hall–Kier alpha value is -0.860. The third-order valence-corrected chi connectivity index (χ3v) is 4.89. The van der Waals surface area contributed by atoms with E-state index in [9.17, 15) is 0 Å². The standard InChI is InChI=1S/C18H21S2/c1-19-17-12-7-9-15(14-17)8-3-4-10-16-11-5-6-13-18(16)20-2/h3,5-7,9,11-14H,4,8,10H2,1-2H3. The first kappa shape index (κ1) is 15.5. The first-order valence-electron chi connectivity index (χ1n) is 6.90. The van der Waals surface area contributed by atoms with Crippen LogP contribution >= 0.6 is 23.5 Å². The molecule has 20 heavy (non-hydrogen) atoms. The molecule has 0 bridgehead atoms. The van der Waals surface area contributed by atoms with Gasteiger partial charge in [0.15, 0.2) is 0 Å². The van der Waals surface area contributed by atoms with Crippen LogP contribution in [0.25, 0.3) is 0 Å². The third kappa shape index (κ3) is 4.60. The molecule has 0 aromatic heterocycles. The van der Waals surface area contributed by atoms with Crippen molar-refractivity contribution in [1.29, 1.82) is 0 Å². The average molecular weight is 302 g/mol. The molecule has 0 atom stereocenters. The van der Waals surface area contributed by atoms with Crippen LogP contribution < -0.4 is 0 Å². The largest absolute Gasteiger partial charge is 0.130 e. The van der Waals surface area contributed by atoms with Crippen LogP contribution in [0.1, 0.15) is 17.5 Å². The van der Waals surface area contributed by atoms with Gasteiger partial charge < -0.3 is 0 Å². The van der Waals surface area contributed by atoms with Crippen LogP contribution in [0.4, 0.5) is 0 Å². The van der Waals surface area contributed by atoms with E-state index in [1.165, 1.54) is 20.9 Å². The number of aryl methyl sites for hydroxylation is 1. The van der Waals surface area contributed by atoms with Crippen LogP contribution in [0.5, 0.6) is 0 Å². The summed E-state index contributed by atoms with van der Waals surface area (Å²) in [5.74, 6) is 0. The summed E-state index contributed by atoms with van der Waals surface area (Å²) >= 11 is 3.65. The molecule has 0 spiro atoms. The fraction of sp³-hybridized carbons (Fsp3) is 0.278. The number of rotatable bonds is 7. The zero-order valence-electron chi connectivity index (χ0n) is 12.1. The maximum absolute atomic E-state index is 2.40. The van der Waals surface area contributed by atoms with Gasteiger partial charge >= 0.3 is 0 Å². The van der Waals surface area contributed by atoms with E-state index >= 15 is 0 Å². The fourth-order valence-corrected chi connectivity index (χ4v) is 3.37. The number of hydrogen-bond donors (Lipinski definition) is 0. The Bertz CT molecular complexity index is 534. The first-order valence-corrected chi connectivity index (χ1v) is 9.35. The smallest absolute Gasteiger partial charge is 0.0101 e. The molecule has 0 aliphatic rings. The highest BCUT2D eigenvalue weighted by atomic mass is 32.2.